The number of carbonyl (C=O) groups is 1. The number of aryl methyl sites for hydroxylation is 2. The van der Waals surface area contributed by atoms with Crippen LogP contribution in [0.4, 0.5) is 0 Å². The van der Waals surface area contributed by atoms with E-state index in [9.17, 15) is 9.59 Å². The van der Waals surface area contributed by atoms with Crippen molar-refractivity contribution in [1.82, 2.24) is 15.0 Å². The van der Waals surface area contributed by atoms with E-state index in [4.69, 9.17) is 16.1 Å². The van der Waals surface area contributed by atoms with Crippen molar-refractivity contribution in [2.75, 3.05) is 6.54 Å². The van der Waals surface area contributed by atoms with Crippen molar-refractivity contribution in [2.45, 2.75) is 51.5 Å². The quantitative estimate of drug-likeness (QED) is 0.393. The number of pyridine rings is 1. The highest BCUT2D eigenvalue weighted by Gasteiger charge is 2.28. The molecule has 7 heteroatoms. The van der Waals surface area contributed by atoms with E-state index in [2.05, 4.69) is 10.5 Å². The van der Waals surface area contributed by atoms with Gasteiger partial charge in [0.25, 0.3) is 5.56 Å². The summed E-state index contributed by atoms with van der Waals surface area (Å²) in [5, 5.41) is 9.07. The van der Waals surface area contributed by atoms with E-state index < -0.39 is 0 Å². The van der Waals surface area contributed by atoms with Crippen molar-refractivity contribution >= 4 is 39.3 Å². The maximum absolute atomic E-state index is 13.6. The standard InChI is InChI=1S/C27H28ClN3O3/c1-17-24-26(30-34-17)25-21(28)11-6-12-22(25)31(27(24)33)20-10-5-9-19(15-20)16-29-23(32)14-13-18-7-3-2-4-8-18/h2-4,6-8,11-12,19-20H,5,9-10,13-16H2,1H3,(H,29,32)/t19-,20+/m0/s1. The Kier molecular flexibility index (Phi) is 6.42. The summed E-state index contributed by atoms with van der Waals surface area (Å²) in [6.45, 7) is 2.39. The lowest BCUT2D eigenvalue weighted by Gasteiger charge is -2.31. The molecule has 2 aromatic heterocycles. The van der Waals surface area contributed by atoms with E-state index in [0.29, 0.717) is 40.6 Å². The summed E-state index contributed by atoms with van der Waals surface area (Å²) in [5.74, 6) is 0.898. The first kappa shape index (κ1) is 22.7. The molecule has 2 heterocycles. The molecule has 0 saturated heterocycles. The van der Waals surface area contributed by atoms with Crippen molar-refractivity contribution in [3.63, 3.8) is 0 Å². The lowest BCUT2D eigenvalue weighted by molar-refractivity contribution is -0.121. The largest absolute Gasteiger partial charge is 0.360 e. The number of fused-ring (bicyclic) bond motifs is 3. The minimum atomic E-state index is -0.0823. The Balaban J connectivity index is 1.34. The summed E-state index contributed by atoms with van der Waals surface area (Å²) in [7, 11) is 0. The summed E-state index contributed by atoms with van der Waals surface area (Å²) in [5.41, 5.74) is 2.40. The SMILES string of the molecule is Cc1onc2c1c(=O)n([C@@H]1CCC[C@H](CNC(=O)CCc3ccccc3)C1)c1cccc(Cl)c21. The molecule has 6 nitrogen and oxygen atoms in total. The van der Waals surface area contributed by atoms with Gasteiger partial charge in [-0.25, -0.2) is 0 Å². The maximum atomic E-state index is 13.6. The van der Waals surface area contributed by atoms with E-state index in [1.807, 2.05) is 53.1 Å². The zero-order valence-corrected chi connectivity index (χ0v) is 20.0. The van der Waals surface area contributed by atoms with Gasteiger partial charge in [0.15, 0.2) is 0 Å². The Morgan fingerprint density at radius 2 is 1.97 bits per heavy atom. The number of aromatic nitrogens is 2. The van der Waals surface area contributed by atoms with Crippen LogP contribution in [0.15, 0.2) is 57.8 Å². The highest BCUT2D eigenvalue weighted by atomic mass is 35.5. The minimum Gasteiger partial charge on any atom is -0.360 e. The first-order valence-electron chi connectivity index (χ1n) is 11.9. The van der Waals surface area contributed by atoms with Crippen LogP contribution in [-0.4, -0.2) is 22.2 Å². The highest BCUT2D eigenvalue weighted by Crippen LogP contribution is 2.36. The number of nitrogens with one attached hydrogen (secondary N) is 1. The third kappa shape index (κ3) is 4.34. The van der Waals surface area contributed by atoms with Gasteiger partial charge in [0, 0.05) is 24.4 Å². The van der Waals surface area contributed by atoms with E-state index in [0.717, 1.165) is 43.0 Å². The fourth-order valence-electron chi connectivity index (χ4n) is 5.27. The Morgan fingerprint density at radius 1 is 1.15 bits per heavy atom. The second-order valence-electron chi connectivity index (χ2n) is 9.25. The predicted molar refractivity (Wildman–Crippen MR) is 134 cm³/mol. The third-order valence-electron chi connectivity index (χ3n) is 6.98. The highest BCUT2D eigenvalue weighted by molar-refractivity contribution is 6.37. The fraction of sp³-hybridized carbons (Fsp3) is 0.370. The van der Waals surface area contributed by atoms with Gasteiger partial charge in [-0.05, 0) is 56.2 Å². The molecule has 0 bridgehead atoms. The van der Waals surface area contributed by atoms with E-state index >= 15 is 0 Å². The third-order valence-corrected chi connectivity index (χ3v) is 7.29. The van der Waals surface area contributed by atoms with Crippen LogP contribution in [0.3, 0.4) is 0 Å². The van der Waals surface area contributed by atoms with Crippen LogP contribution in [0.5, 0.6) is 0 Å². The average Bonchev–Trinajstić information content (AvgIpc) is 3.24. The number of amides is 1. The second-order valence-corrected chi connectivity index (χ2v) is 9.65. The first-order valence-corrected chi connectivity index (χ1v) is 12.3. The summed E-state index contributed by atoms with van der Waals surface area (Å²) in [4.78, 5) is 26.0. The molecule has 1 amide bonds. The van der Waals surface area contributed by atoms with Crippen LogP contribution in [-0.2, 0) is 11.2 Å². The molecule has 1 N–H and O–H groups in total. The number of rotatable bonds is 6. The zero-order valence-electron chi connectivity index (χ0n) is 19.2. The van der Waals surface area contributed by atoms with Gasteiger partial charge >= 0.3 is 0 Å². The van der Waals surface area contributed by atoms with Crippen LogP contribution in [0.25, 0.3) is 21.8 Å². The number of hydrogen-bond acceptors (Lipinski definition) is 4. The van der Waals surface area contributed by atoms with Gasteiger partial charge in [0.1, 0.15) is 16.7 Å². The first-order chi connectivity index (χ1) is 16.5. The number of halogens is 1. The average molecular weight is 478 g/mol. The monoisotopic (exact) mass is 477 g/mol. The van der Waals surface area contributed by atoms with Crippen molar-refractivity contribution in [3.05, 3.63) is 75.2 Å². The van der Waals surface area contributed by atoms with Gasteiger partial charge in [-0.2, -0.15) is 0 Å². The molecule has 0 unspecified atom stereocenters. The molecule has 0 spiro atoms. The summed E-state index contributed by atoms with van der Waals surface area (Å²) in [6.07, 6.45) is 5.00. The fourth-order valence-corrected chi connectivity index (χ4v) is 5.53. The Hall–Kier alpha value is -3.12. The molecule has 1 aliphatic carbocycles. The van der Waals surface area contributed by atoms with Gasteiger partial charge in [0.2, 0.25) is 5.91 Å². The molecule has 1 fully saturated rings. The molecular formula is C27H28ClN3O3. The van der Waals surface area contributed by atoms with Gasteiger partial charge in [-0.3, -0.25) is 9.59 Å². The van der Waals surface area contributed by atoms with Crippen LogP contribution >= 0.6 is 11.6 Å². The summed E-state index contributed by atoms with van der Waals surface area (Å²) in [6, 6.07) is 15.7. The molecule has 34 heavy (non-hydrogen) atoms. The molecule has 1 saturated carbocycles. The normalized spacial score (nSPS) is 18.4. The number of carbonyl (C=O) groups excluding carboxylic acids is 1. The lowest BCUT2D eigenvalue weighted by atomic mass is 9.85. The molecule has 4 aromatic rings. The van der Waals surface area contributed by atoms with Gasteiger partial charge < -0.3 is 14.4 Å². The topological polar surface area (TPSA) is 77.1 Å². The van der Waals surface area contributed by atoms with Gasteiger partial charge in [-0.1, -0.05) is 59.6 Å². The Morgan fingerprint density at radius 3 is 2.79 bits per heavy atom. The molecule has 2 atom stereocenters. The molecule has 2 aromatic carbocycles. The molecule has 0 aliphatic heterocycles. The Labute approximate surface area is 202 Å². The molecule has 1 aliphatic rings. The van der Waals surface area contributed by atoms with Gasteiger partial charge in [-0.15, -0.1) is 0 Å². The van der Waals surface area contributed by atoms with Crippen molar-refractivity contribution in [2.24, 2.45) is 5.92 Å². The van der Waals surface area contributed by atoms with E-state index in [1.54, 1.807) is 6.92 Å². The number of nitrogens with zero attached hydrogens (tertiary/aromatic N) is 2. The predicted octanol–water partition coefficient (Wildman–Crippen LogP) is 5.58. The zero-order chi connectivity index (χ0) is 23.7. The smallest absolute Gasteiger partial charge is 0.264 e. The van der Waals surface area contributed by atoms with Crippen LogP contribution < -0.4 is 10.9 Å². The lowest BCUT2D eigenvalue weighted by Crippen LogP contribution is -2.34. The second kappa shape index (κ2) is 9.63. The van der Waals surface area contributed by atoms with E-state index in [1.165, 1.54) is 5.56 Å². The molecule has 5 rings (SSSR count). The van der Waals surface area contributed by atoms with Gasteiger partial charge in [0.05, 0.1) is 10.5 Å². The van der Waals surface area contributed by atoms with Crippen LogP contribution in [0.2, 0.25) is 5.02 Å². The van der Waals surface area contributed by atoms with Crippen molar-refractivity contribution < 1.29 is 9.32 Å². The van der Waals surface area contributed by atoms with Crippen LogP contribution in [0, 0.1) is 12.8 Å². The Bertz CT molecular complexity index is 1390. The van der Waals surface area contributed by atoms with Crippen LogP contribution in [0.1, 0.15) is 49.5 Å². The van der Waals surface area contributed by atoms with E-state index in [-0.39, 0.29) is 17.5 Å². The minimum absolute atomic E-state index is 0.0344. The van der Waals surface area contributed by atoms with Crippen molar-refractivity contribution in [1.29, 1.82) is 0 Å². The summed E-state index contributed by atoms with van der Waals surface area (Å²) < 4.78 is 7.26. The maximum Gasteiger partial charge on any atom is 0.264 e. The van der Waals surface area contributed by atoms with Crippen molar-refractivity contribution in [3.8, 4) is 0 Å². The number of benzene rings is 2. The molecular weight excluding hydrogens is 450 g/mol. The summed E-state index contributed by atoms with van der Waals surface area (Å²) >= 11 is 6.55. The molecule has 0 radical (unpaired) electrons. The number of hydrogen-bond donors (Lipinski definition) is 1. The molecule has 176 valence electrons.